The molecule has 4 bridgehead atoms. The van der Waals surface area contributed by atoms with Crippen LogP contribution in [0.2, 0.25) is 0 Å². The maximum absolute atomic E-state index is 10.1. The molecule has 27 heavy (non-hydrogen) atoms. The quantitative estimate of drug-likeness (QED) is 0.714. The molecule has 0 heterocycles. The number of phenols is 2. The number of hydrogen-bond acceptors (Lipinski definition) is 2. The standard InChI is InChI=1S/C25H30O2/c1-15-8-20(4-6-22(15)26)24-11-18-10-19(13-24)17(3)25(12-18,14-24)21-5-7-23(27)16(2)9-21/h4-9,17-19,26-27H,10-14H2,1-3H3. The predicted octanol–water partition coefficient (Wildman–Crippen LogP) is 5.75. The molecule has 0 radical (unpaired) electrons. The van der Waals surface area contributed by atoms with Crippen LogP contribution in [0.4, 0.5) is 0 Å². The lowest BCUT2D eigenvalue weighted by Gasteiger charge is -2.66. The molecule has 2 aromatic carbocycles. The third kappa shape index (κ3) is 2.31. The third-order valence-electron chi connectivity index (χ3n) is 8.43. The molecule has 0 aromatic heterocycles. The Bertz CT molecular complexity index is 917. The van der Waals surface area contributed by atoms with E-state index in [-0.39, 0.29) is 10.8 Å². The molecule has 6 rings (SSSR count). The maximum Gasteiger partial charge on any atom is 0.118 e. The minimum Gasteiger partial charge on any atom is -0.508 e. The van der Waals surface area contributed by atoms with Gasteiger partial charge in [-0.15, -0.1) is 0 Å². The molecule has 2 nitrogen and oxygen atoms in total. The van der Waals surface area contributed by atoms with Crippen molar-refractivity contribution in [2.24, 2.45) is 17.8 Å². The second-order valence-corrected chi connectivity index (χ2v) is 9.88. The second kappa shape index (κ2) is 5.53. The summed E-state index contributed by atoms with van der Waals surface area (Å²) in [5, 5.41) is 20.1. The van der Waals surface area contributed by atoms with Gasteiger partial charge < -0.3 is 10.2 Å². The van der Waals surface area contributed by atoms with Gasteiger partial charge in [-0.1, -0.05) is 31.2 Å². The Morgan fingerprint density at radius 2 is 1.48 bits per heavy atom. The van der Waals surface area contributed by atoms with E-state index in [1.165, 1.54) is 43.2 Å². The van der Waals surface area contributed by atoms with E-state index in [1.54, 1.807) is 0 Å². The van der Waals surface area contributed by atoms with Gasteiger partial charge in [0.2, 0.25) is 0 Å². The molecular weight excluding hydrogens is 332 g/mol. The largest absolute Gasteiger partial charge is 0.508 e. The van der Waals surface area contributed by atoms with E-state index in [1.807, 2.05) is 26.0 Å². The lowest BCUT2D eigenvalue weighted by atomic mass is 9.38. The molecule has 2 N–H and O–H groups in total. The SMILES string of the molecule is Cc1cc(C23CC4CC(C2)C(C)C(c2ccc(O)c(C)c2)(C4)C3)ccc1O. The van der Waals surface area contributed by atoms with Crippen molar-refractivity contribution in [3.63, 3.8) is 0 Å². The van der Waals surface area contributed by atoms with Crippen molar-refractivity contribution in [2.75, 3.05) is 0 Å². The highest BCUT2D eigenvalue weighted by atomic mass is 16.3. The zero-order chi connectivity index (χ0) is 19.0. The van der Waals surface area contributed by atoms with E-state index in [2.05, 4.69) is 31.2 Å². The Balaban J connectivity index is 1.65. The summed E-state index contributed by atoms with van der Waals surface area (Å²) in [7, 11) is 0. The van der Waals surface area contributed by atoms with Crippen molar-refractivity contribution < 1.29 is 10.2 Å². The third-order valence-corrected chi connectivity index (χ3v) is 8.43. The van der Waals surface area contributed by atoms with Crippen molar-refractivity contribution in [3.8, 4) is 11.5 Å². The molecular formula is C25H30O2. The molecule has 5 unspecified atom stereocenters. The van der Waals surface area contributed by atoms with E-state index < -0.39 is 0 Å². The first-order valence-corrected chi connectivity index (χ1v) is 10.4. The van der Waals surface area contributed by atoms with Gasteiger partial charge in [-0.25, -0.2) is 0 Å². The molecule has 4 aliphatic carbocycles. The molecule has 0 amide bonds. The summed E-state index contributed by atoms with van der Waals surface area (Å²) in [5.41, 5.74) is 5.30. The summed E-state index contributed by atoms with van der Waals surface area (Å²) >= 11 is 0. The predicted molar refractivity (Wildman–Crippen MR) is 108 cm³/mol. The van der Waals surface area contributed by atoms with Crippen LogP contribution in [0.5, 0.6) is 11.5 Å². The molecule has 0 aliphatic heterocycles. The maximum atomic E-state index is 10.1. The van der Waals surface area contributed by atoms with Gasteiger partial charge in [0.05, 0.1) is 0 Å². The number of phenolic OH excluding ortho intramolecular Hbond substituents is 2. The fourth-order valence-corrected chi connectivity index (χ4v) is 7.17. The molecule has 2 aromatic rings. The summed E-state index contributed by atoms with van der Waals surface area (Å²) in [6.45, 7) is 6.50. The Hall–Kier alpha value is -1.96. The van der Waals surface area contributed by atoms with Gasteiger partial charge in [-0.3, -0.25) is 0 Å². The lowest BCUT2D eigenvalue weighted by molar-refractivity contribution is -0.0727. The normalized spacial score (nSPS) is 36.9. The van der Waals surface area contributed by atoms with E-state index in [0.717, 1.165) is 23.0 Å². The minimum absolute atomic E-state index is 0.217. The second-order valence-electron chi connectivity index (χ2n) is 9.88. The highest BCUT2D eigenvalue weighted by Gasteiger charge is 2.61. The molecule has 2 heteroatoms. The highest BCUT2D eigenvalue weighted by molar-refractivity contribution is 5.45. The molecule has 0 saturated heterocycles. The van der Waals surface area contributed by atoms with Crippen LogP contribution in [-0.2, 0) is 10.8 Å². The van der Waals surface area contributed by atoms with Crippen LogP contribution in [0.25, 0.3) is 0 Å². The smallest absolute Gasteiger partial charge is 0.118 e. The van der Waals surface area contributed by atoms with Crippen LogP contribution in [0.1, 0.15) is 61.3 Å². The Morgan fingerprint density at radius 1 is 0.852 bits per heavy atom. The van der Waals surface area contributed by atoms with Gasteiger partial charge in [0.1, 0.15) is 11.5 Å². The average molecular weight is 363 g/mol. The van der Waals surface area contributed by atoms with Gasteiger partial charge >= 0.3 is 0 Å². The summed E-state index contributed by atoms with van der Waals surface area (Å²) < 4.78 is 0. The fourth-order valence-electron chi connectivity index (χ4n) is 7.17. The summed E-state index contributed by atoms with van der Waals surface area (Å²) in [4.78, 5) is 0. The fraction of sp³-hybridized carbons (Fsp3) is 0.520. The number of benzene rings is 2. The summed E-state index contributed by atoms with van der Waals surface area (Å²) in [6.07, 6.45) is 6.43. The highest BCUT2D eigenvalue weighted by Crippen LogP contribution is 2.68. The Labute approximate surface area is 162 Å². The molecule has 0 spiro atoms. The molecule has 4 fully saturated rings. The molecule has 4 saturated carbocycles. The van der Waals surface area contributed by atoms with E-state index in [4.69, 9.17) is 0 Å². The van der Waals surface area contributed by atoms with Crippen LogP contribution in [-0.4, -0.2) is 10.2 Å². The van der Waals surface area contributed by atoms with E-state index in [9.17, 15) is 10.2 Å². The Kier molecular flexibility index (Phi) is 3.51. The van der Waals surface area contributed by atoms with Crippen molar-refractivity contribution >= 4 is 0 Å². The van der Waals surface area contributed by atoms with Crippen molar-refractivity contribution in [2.45, 2.75) is 63.7 Å². The van der Waals surface area contributed by atoms with Gasteiger partial charge in [0.15, 0.2) is 0 Å². The van der Waals surface area contributed by atoms with Crippen molar-refractivity contribution in [1.29, 1.82) is 0 Å². The molecule has 142 valence electrons. The van der Waals surface area contributed by atoms with Crippen LogP contribution in [0.15, 0.2) is 36.4 Å². The number of hydrogen-bond donors (Lipinski definition) is 2. The monoisotopic (exact) mass is 362 g/mol. The van der Waals surface area contributed by atoms with Crippen LogP contribution < -0.4 is 0 Å². The van der Waals surface area contributed by atoms with Gasteiger partial charge in [-0.2, -0.15) is 0 Å². The molecule has 4 aliphatic rings. The molecule has 5 atom stereocenters. The topological polar surface area (TPSA) is 40.5 Å². The first-order chi connectivity index (χ1) is 12.8. The van der Waals surface area contributed by atoms with Crippen molar-refractivity contribution in [3.05, 3.63) is 58.7 Å². The first kappa shape index (κ1) is 17.2. The van der Waals surface area contributed by atoms with Crippen molar-refractivity contribution in [1.82, 2.24) is 0 Å². The summed E-state index contributed by atoms with van der Waals surface area (Å²) in [6, 6.07) is 12.6. The van der Waals surface area contributed by atoms with E-state index >= 15 is 0 Å². The number of rotatable bonds is 2. The Morgan fingerprint density at radius 3 is 2.15 bits per heavy atom. The number of aromatic hydroxyl groups is 2. The van der Waals surface area contributed by atoms with Crippen LogP contribution >= 0.6 is 0 Å². The first-order valence-electron chi connectivity index (χ1n) is 10.4. The van der Waals surface area contributed by atoms with Gasteiger partial charge in [-0.05, 0) is 109 Å². The lowest BCUT2D eigenvalue weighted by Crippen LogP contribution is -2.60. The zero-order valence-corrected chi connectivity index (χ0v) is 16.6. The van der Waals surface area contributed by atoms with Crippen LogP contribution in [0, 0.1) is 31.6 Å². The number of aryl methyl sites for hydroxylation is 2. The van der Waals surface area contributed by atoms with E-state index in [0.29, 0.717) is 17.4 Å². The van der Waals surface area contributed by atoms with Gasteiger partial charge in [0.25, 0.3) is 0 Å². The minimum atomic E-state index is 0.217. The summed E-state index contributed by atoms with van der Waals surface area (Å²) in [5.74, 6) is 3.05. The zero-order valence-electron chi connectivity index (χ0n) is 16.6. The average Bonchev–Trinajstić information content (AvgIpc) is 2.63. The van der Waals surface area contributed by atoms with Crippen LogP contribution in [0.3, 0.4) is 0 Å². The van der Waals surface area contributed by atoms with Gasteiger partial charge in [0, 0.05) is 0 Å².